The van der Waals surface area contributed by atoms with Gasteiger partial charge in [0.2, 0.25) is 5.91 Å². The molecule has 0 aromatic heterocycles. The molecular weight excluding hydrogens is 313 g/mol. The van der Waals surface area contributed by atoms with E-state index in [0.29, 0.717) is 17.7 Å². The van der Waals surface area contributed by atoms with Crippen molar-refractivity contribution in [3.8, 4) is 5.75 Å². The van der Waals surface area contributed by atoms with Crippen molar-refractivity contribution in [2.75, 3.05) is 19.5 Å². The second kappa shape index (κ2) is 8.10. The Hall–Kier alpha value is -2.89. The van der Waals surface area contributed by atoms with Gasteiger partial charge in [0.05, 0.1) is 25.5 Å². The maximum Gasteiger partial charge on any atom is 0.339 e. The first-order chi connectivity index (χ1) is 11.5. The fourth-order valence-corrected chi connectivity index (χ4v) is 2.22. The number of benzene rings is 2. The molecule has 0 aliphatic rings. The molecule has 2 rings (SSSR count). The molecule has 1 amide bonds. The predicted molar refractivity (Wildman–Crippen MR) is 87.7 cm³/mol. The van der Waals surface area contributed by atoms with Crippen LogP contribution in [0, 0.1) is 5.82 Å². The van der Waals surface area contributed by atoms with Gasteiger partial charge in [0.1, 0.15) is 0 Å². The summed E-state index contributed by atoms with van der Waals surface area (Å²) < 4.78 is 23.2. The van der Waals surface area contributed by atoms with Crippen LogP contribution in [0.5, 0.6) is 5.75 Å². The van der Waals surface area contributed by atoms with E-state index in [1.807, 2.05) is 0 Å². The highest BCUT2D eigenvalue weighted by Gasteiger charge is 2.13. The molecular formula is C18H18FNO4. The Bertz CT molecular complexity index is 746. The summed E-state index contributed by atoms with van der Waals surface area (Å²) in [6, 6.07) is 11.2. The van der Waals surface area contributed by atoms with E-state index in [2.05, 4.69) is 10.1 Å². The van der Waals surface area contributed by atoms with Crippen molar-refractivity contribution >= 4 is 17.6 Å². The van der Waals surface area contributed by atoms with Crippen LogP contribution in [-0.2, 0) is 16.0 Å². The van der Waals surface area contributed by atoms with E-state index < -0.39 is 11.8 Å². The molecule has 0 saturated heterocycles. The molecule has 24 heavy (non-hydrogen) atoms. The molecule has 2 aromatic carbocycles. The van der Waals surface area contributed by atoms with Crippen LogP contribution in [0.3, 0.4) is 0 Å². The van der Waals surface area contributed by atoms with Gasteiger partial charge in [-0.3, -0.25) is 4.79 Å². The molecule has 0 fully saturated rings. The van der Waals surface area contributed by atoms with Gasteiger partial charge in [-0.05, 0) is 36.2 Å². The quantitative estimate of drug-likeness (QED) is 0.826. The first kappa shape index (κ1) is 17.5. The fraction of sp³-hybridized carbons (Fsp3) is 0.222. The molecule has 2 aromatic rings. The molecule has 0 bridgehead atoms. The maximum absolute atomic E-state index is 13.6. The molecule has 126 valence electrons. The van der Waals surface area contributed by atoms with Crippen LogP contribution in [0.25, 0.3) is 0 Å². The van der Waals surface area contributed by atoms with Crippen LogP contribution in [0.2, 0.25) is 0 Å². The number of amides is 1. The van der Waals surface area contributed by atoms with Crippen molar-refractivity contribution in [1.29, 1.82) is 0 Å². The van der Waals surface area contributed by atoms with Gasteiger partial charge in [-0.1, -0.05) is 18.2 Å². The van der Waals surface area contributed by atoms with Gasteiger partial charge in [0.25, 0.3) is 0 Å². The molecule has 0 saturated carbocycles. The molecule has 0 spiro atoms. The van der Waals surface area contributed by atoms with Crippen LogP contribution in [0.4, 0.5) is 10.1 Å². The Balaban J connectivity index is 1.99. The Morgan fingerprint density at radius 1 is 1.12 bits per heavy atom. The van der Waals surface area contributed by atoms with Crippen LogP contribution in [-0.4, -0.2) is 26.1 Å². The number of esters is 1. The van der Waals surface area contributed by atoms with Crippen molar-refractivity contribution in [3.05, 3.63) is 59.4 Å². The number of ether oxygens (including phenoxy) is 2. The Kier molecular flexibility index (Phi) is 5.89. The highest BCUT2D eigenvalue weighted by atomic mass is 19.1. The van der Waals surface area contributed by atoms with Crippen LogP contribution in [0.15, 0.2) is 42.5 Å². The highest BCUT2D eigenvalue weighted by Crippen LogP contribution is 2.19. The normalized spacial score (nSPS) is 10.1. The number of halogens is 1. The van der Waals surface area contributed by atoms with Gasteiger partial charge in [0, 0.05) is 6.42 Å². The first-order valence-electron chi connectivity index (χ1n) is 7.34. The maximum atomic E-state index is 13.6. The van der Waals surface area contributed by atoms with Crippen LogP contribution >= 0.6 is 0 Å². The Labute approximate surface area is 139 Å². The number of para-hydroxylation sites is 1. The van der Waals surface area contributed by atoms with E-state index >= 15 is 0 Å². The van der Waals surface area contributed by atoms with Gasteiger partial charge >= 0.3 is 5.97 Å². The van der Waals surface area contributed by atoms with E-state index in [0.717, 1.165) is 0 Å². The van der Waals surface area contributed by atoms with Crippen molar-refractivity contribution in [2.45, 2.75) is 12.8 Å². The summed E-state index contributed by atoms with van der Waals surface area (Å²) in [5.74, 6) is -1.10. The molecule has 6 heteroatoms. The number of anilines is 1. The lowest BCUT2D eigenvalue weighted by Gasteiger charge is -2.10. The number of nitrogens with one attached hydrogen (secondary N) is 1. The van der Waals surface area contributed by atoms with Gasteiger partial charge < -0.3 is 14.8 Å². The lowest BCUT2D eigenvalue weighted by molar-refractivity contribution is -0.116. The third-order valence-corrected chi connectivity index (χ3v) is 3.46. The number of hydrogen-bond donors (Lipinski definition) is 1. The Morgan fingerprint density at radius 3 is 2.54 bits per heavy atom. The monoisotopic (exact) mass is 331 g/mol. The summed E-state index contributed by atoms with van der Waals surface area (Å²) in [5, 5.41) is 2.67. The average Bonchev–Trinajstić information content (AvgIpc) is 2.60. The molecule has 0 aliphatic heterocycles. The highest BCUT2D eigenvalue weighted by molar-refractivity contribution is 6.01. The van der Waals surface area contributed by atoms with E-state index in [1.54, 1.807) is 30.3 Å². The second-order valence-electron chi connectivity index (χ2n) is 5.05. The van der Waals surface area contributed by atoms with Crippen LogP contribution < -0.4 is 10.1 Å². The minimum Gasteiger partial charge on any atom is -0.494 e. The van der Waals surface area contributed by atoms with Gasteiger partial charge in [-0.25, -0.2) is 9.18 Å². The standard InChI is InChI=1S/C18H18FNO4/c1-23-16-9-7-12(11-14(16)19)8-10-17(21)20-15-6-4-3-5-13(15)18(22)24-2/h3-7,9,11H,8,10H2,1-2H3,(H,20,21). The molecule has 0 radical (unpaired) electrons. The SMILES string of the molecule is COC(=O)c1ccccc1NC(=O)CCc1ccc(OC)c(F)c1. The molecule has 1 N–H and O–H groups in total. The van der Waals surface area contributed by atoms with E-state index in [-0.39, 0.29) is 23.6 Å². The van der Waals surface area contributed by atoms with Crippen LogP contribution in [0.1, 0.15) is 22.3 Å². The predicted octanol–water partition coefficient (Wildman–Crippen LogP) is 3.19. The smallest absolute Gasteiger partial charge is 0.339 e. The Morgan fingerprint density at radius 2 is 1.88 bits per heavy atom. The van der Waals surface area contributed by atoms with Gasteiger partial charge in [-0.15, -0.1) is 0 Å². The third kappa shape index (κ3) is 4.32. The number of carbonyl (C=O) groups is 2. The zero-order valence-electron chi connectivity index (χ0n) is 13.5. The molecule has 0 unspecified atom stereocenters. The number of methoxy groups -OCH3 is 2. The second-order valence-corrected chi connectivity index (χ2v) is 5.05. The van der Waals surface area contributed by atoms with E-state index in [4.69, 9.17) is 4.74 Å². The minimum atomic E-state index is -0.525. The summed E-state index contributed by atoms with van der Waals surface area (Å²) in [6.45, 7) is 0. The average molecular weight is 331 g/mol. The summed E-state index contributed by atoms with van der Waals surface area (Å²) in [7, 11) is 2.67. The van der Waals surface area contributed by atoms with E-state index in [1.165, 1.54) is 26.4 Å². The lowest BCUT2D eigenvalue weighted by Crippen LogP contribution is -2.15. The summed E-state index contributed by atoms with van der Waals surface area (Å²) in [5.41, 5.74) is 1.35. The van der Waals surface area contributed by atoms with Gasteiger partial charge in [0.15, 0.2) is 11.6 Å². The van der Waals surface area contributed by atoms with Gasteiger partial charge in [-0.2, -0.15) is 0 Å². The molecule has 0 heterocycles. The number of aryl methyl sites for hydroxylation is 1. The number of carbonyl (C=O) groups excluding carboxylic acids is 2. The number of hydrogen-bond acceptors (Lipinski definition) is 4. The zero-order chi connectivity index (χ0) is 17.5. The molecule has 0 aliphatic carbocycles. The zero-order valence-corrected chi connectivity index (χ0v) is 13.5. The van der Waals surface area contributed by atoms with Crippen molar-refractivity contribution in [2.24, 2.45) is 0 Å². The minimum absolute atomic E-state index is 0.154. The molecule has 5 nitrogen and oxygen atoms in total. The molecule has 0 atom stereocenters. The largest absolute Gasteiger partial charge is 0.494 e. The van der Waals surface area contributed by atoms with Crippen molar-refractivity contribution < 1.29 is 23.5 Å². The lowest BCUT2D eigenvalue weighted by atomic mass is 10.1. The summed E-state index contributed by atoms with van der Waals surface area (Å²) >= 11 is 0. The fourth-order valence-electron chi connectivity index (χ4n) is 2.22. The van der Waals surface area contributed by atoms with E-state index in [9.17, 15) is 14.0 Å². The van der Waals surface area contributed by atoms with Crippen molar-refractivity contribution in [1.82, 2.24) is 0 Å². The summed E-state index contributed by atoms with van der Waals surface area (Å²) in [6.07, 6.45) is 0.522. The van der Waals surface area contributed by atoms with Crippen molar-refractivity contribution in [3.63, 3.8) is 0 Å². The third-order valence-electron chi connectivity index (χ3n) is 3.46. The first-order valence-corrected chi connectivity index (χ1v) is 7.34. The summed E-state index contributed by atoms with van der Waals surface area (Å²) in [4.78, 5) is 23.7. The topological polar surface area (TPSA) is 64.6 Å². The number of rotatable bonds is 6.